The van der Waals surface area contributed by atoms with E-state index in [-0.39, 0.29) is 5.41 Å². The summed E-state index contributed by atoms with van der Waals surface area (Å²) in [6, 6.07) is 0. The fourth-order valence-corrected chi connectivity index (χ4v) is 13.3. The molecule has 0 saturated heterocycles. The van der Waals surface area contributed by atoms with Crippen molar-refractivity contribution in [2.24, 2.45) is 56.7 Å². The van der Waals surface area contributed by atoms with Crippen LogP contribution in [0.2, 0.25) is 0 Å². The topological polar surface area (TPSA) is 20.2 Å². The number of hydrogen-bond donors (Lipinski definition) is 1. The minimum atomic E-state index is -0.485. The second-order valence-corrected chi connectivity index (χ2v) is 18.0. The van der Waals surface area contributed by atoms with Crippen molar-refractivity contribution in [3.05, 3.63) is 12.2 Å². The molecule has 5 aliphatic carbocycles. The zero-order chi connectivity index (χ0) is 29.2. The summed E-state index contributed by atoms with van der Waals surface area (Å²) in [7, 11) is 0. The molecule has 1 heteroatoms. The molecule has 5 aliphatic rings. The molecular weight excluding hydrogens is 484 g/mol. The van der Waals surface area contributed by atoms with Gasteiger partial charge in [0, 0.05) is 0 Å². The van der Waals surface area contributed by atoms with E-state index in [0.717, 1.165) is 36.5 Å². The van der Waals surface area contributed by atoms with E-state index >= 15 is 0 Å². The Bertz CT molecular complexity index is 933. The molecule has 1 nitrogen and oxygen atoms in total. The third-order valence-electron chi connectivity index (χ3n) is 16.1. The van der Waals surface area contributed by atoms with Crippen molar-refractivity contribution >= 4 is 0 Å². The highest BCUT2D eigenvalue weighted by molar-refractivity contribution is 5.22. The molecule has 0 bridgehead atoms. The average molecular weight is 553 g/mol. The number of allylic oxidation sites excluding steroid dienone is 1. The van der Waals surface area contributed by atoms with Gasteiger partial charge in [-0.15, -0.1) is 0 Å². The third kappa shape index (κ3) is 4.46. The smallest absolute Gasteiger partial charge is 0.0701 e. The number of hydrogen-bond acceptors (Lipinski definition) is 1. The van der Waals surface area contributed by atoms with E-state index in [0.29, 0.717) is 27.6 Å². The molecule has 230 valence electrons. The van der Waals surface area contributed by atoms with E-state index < -0.39 is 5.60 Å². The summed E-state index contributed by atoms with van der Waals surface area (Å²) in [5.74, 6) is 3.91. The van der Waals surface area contributed by atoms with Gasteiger partial charge in [-0.05, 0) is 134 Å². The summed E-state index contributed by atoms with van der Waals surface area (Å²) in [6.07, 6.45) is 23.8. The second-order valence-electron chi connectivity index (χ2n) is 18.0. The Kier molecular flexibility index (Phi) is 8.33. The van der Waals surface area contributed by atoms with Crippen LogP contribution >= 0.6 is 0 Å². The van der Waals surface area contributed by atoms with E-state index in [1.807, 2.05) is 0 Å². The first kappa shape index (κ1) is 31.1. The lowest BCUT2D eigenvalue weighted by atomic mass is 9.31. The van der Waals surface area contributed by atoms with Gasteiger partial charge in [-0.3, -0.25) is 0 Å². The fourth-order valence-electron chi connectivity index (χ4n) is 13.3. The summed E-state index contributed by atoms with van der Waals surface area (Å²) in [6.45, 7) is 25.0. The van der Waals surface area contributed by atoms with Crippen LogP contribution in [0.5, 0.6) is 0 Å². The summed E-state index contributed by atoms with van der Waals surface area (Å²) in [4.78, 5) is 0. The zero-order valence-corrected chi connectivity index (χ0v) is 28.3. The van der Waals surface area contributed by atoms with Crippen LogP contribution in [-0.2, 0) is 0 Å². The maximum absolute atomic E-state index is 12.3. The SMILES string of the molecule is C=C(C)[C@@H]1CC[C@]2(C)CC[C@]3(C)[C@H](CC[C@@H]4[C@@]5(C)CC[C@@](O)(CCCCCCCCC)C(C)(C)[C@@H]5CC[C@]43C)[C@@H]12. The van der Waals surface area contributed by atoms with Crippen molar-refractivity contribution in [1.82, 2.24) is 0 Å². The summed E-state index contributed by atoms with van der Waals surface area (Å²) in [5, 5.41) is 12.3. The molecule has 5 rings (SSSR count). The molecule has 0 aromatic heterocycles. The molecule has 5 fully saturated rings. The monoisotopic (exact) mass is 553 g/mol. The number of rotatable bonds is 9. The van der Waals surface area contributed by atoms with Crippen molar-refractivity contribution in [3.8, 4) is 0 Å². The maximum Gasteiger partial charge on any atom is 0.0701 e. The molecule has 0 heterocycles. The summed E-state index contributed by atoms with van der Waals surface area (Å²) >= 11 is 0. The van der Waals surface area contributed by atoms with Crippen LogP contribution in [0.1, 0.15) is 171 Å². The van der Waals surface area contributed by atoms with Gasteiger partial charge in [-0.1, -0.05) is 106 Å². The van der Waals surface area contributed by atoms with E-state index in [4.69, 9.17) is 0 Å². The Balaban J connectivity index is 1.35. The molecule has 0 unspecified atom stereocenters. The van der Waals surface area contributed by atoms with Gasteiger partial charge in [0.2, 0.25) is 0 Å². The molecule has 0 amide bonds. The highest BCUT2D eigenvalue weighted by Gasteiger charge is 2.71. The van der Waals surface area contributed by atoms with Crippen LogP contribution in [0, 0.1) is 56.7 Å². The lowest BCUT2D eigenvalue weighted by Gasteiger charge is -2.73. The Hall–Kier alpha value is -0.300. The predicted octanol–water partition coefficient (Wildman–Crippen LogP) is 11.5. The van der Waals surface area contributed by atoms with Gasteiger partial charge in [0.25, 0.3) is 0 Å². The minimum absolute atomic E-state index is 0.00291. The molecule has 10 atom stereocenters. The van der Waals surface area contributed by atoms with E-state index in [9.17, 15) is 5.11 Å². The largest absolute Gasteiger partial charge is 0.389 e. The lowest BCUT2D eigenvalue weighted by Crippen LogP contribution is -2.68. The van der Waals surface area contributed by atoms with Gasteiger partial charge in [0.1, 0.15) is 0 Å². The Morgan fingerprint density at radius 2 is 1.38 bits per heavy atom. The van der Waals surface area contributed by atoms with Gasteiger partial charge < -0.3 is 5.11 Å². The molecular formula is C39H68O. The lowest BCUT2D eigenvalue weighted by molar-refractivity contribution is -0.265. The van der Waals surface area contributed by atoms with Gasteiger partial charge in [0.05, 0.1) is 5.60 Å². The van der Waals surface area contributed by atoms with Gasteiger partial charge in [-0.25, -0.2) is 0 Å². The molecule has 0 aromatic carbocycles. The van der Waals surface area contributed by atoms with E-state index in [2.05, 4.69) is 62.0 Å². The van der Waals surface area contributed by atoms with Gasteiger partial charge >= 0.3 is 0 Å². The standard InChI is InChI=1S/C39H68O/c1-10-11-12-13-14-15-16-21-39(40)27-25-36(7)31(34(39,4)5)20-23-38(9)32(36)18-17-30-33-29(28(2)3)19-22-35(33,6)24-26-37(30,38)8/h29-33,40H,2,10-27H2,1,3-9H3/t29-,30+,31-,32+,33+,35+,36-,37+,38+,39-/m0/s1. The number of fused-ring (bicyclic) bond motifs is 7. The minimum Gasteiger partial charge on any atom is -0.389 e. The van der Waals surface area contributed by atoms with Gasteiger partial charge in [-0.2, -0.15) is 0 Å². The first-order chi connectivity index (χ1) is 18.7. The molecule has 0 aromatic rings. The quantitative estimate of drug-likeness (QED) is 0.223. The first-order valence-electron chi connectivity index (χ1n) is 18.1. The molecule has 40 heavy (non-hydrogen) atoms. The van der Waals surface area contributed by atoms with Crippen molar-refractivity contribution in [2.45, 2.75) is 177 Å². The Labute approximate surface area is 250 Å². The van der Waals surface area contributed by atoms with Crippen LogP contribution in [0.3, 0.4) is 0 Å². The second kappa shape index (κ2) is 10.7. The van der Waals surface area contributed by atoms with Crippen LogP contribution in [0.4, 0.5) is 0 Å². The predicted molar refractivity (Wildman–Crippen MR) is 172 cm³/mol. The zero-order valence-electron chi connectivity index (χ0n) is 28.3. The molecule has 0 aliphatic heterocycles. The maximum atomic E-state index is 12.3. The van der Waals surface area contributed by atoms with Crippen LogP contribution < -0.4 is 0 Å². The third-order valence-corrected chi connectivity index (χ3v) is 16.1. The number of aliphatic hydroxyl groups is 1. The van der Waals surface area contributed by atoms with Crippen molar-refractivity contribution in [2.75, 3.05) is 0 Å². The Morgan fingerprint density at radius 3 is 2.05 bits per heavy atom. The molecule has 5 saturated carbocycles. The molecule has 0 radical (unpaired) electrons. The number of unbranched alkanes of at least 4 members (excludes halogenated alkanes) is 6. The molecule has 0 spiro atoms. The molecule has 1 N–H and O–H groups in total. The summed E-state index contributed by atoms with van der Waals surface area (Å²) < 4.78 is 0. The van der Waals surface area contributed by atoms with Crippen molar-refractivity contribution < 1.29 is 5.11 Å². The Morgan fingerprint density at radius 1 is 0.700 bits per heavy atom. The van der Waals surface area contributed by atoms with E-state index in [1.54, 1.807) is 0 Å². The van der Waals surface area contributed by atoms with Crippen LogP contribution in [0.25, 0.3) is 0 Å². The highest BCUT2D eigenvalue weighted by atomic mass is 16.3. The van der Waals surface area contributed by atoms with E-state index in [1.165, 1.54) is 108 Å². The average Bonchev–Trinajstić information content (AvgIpc) is 3.25. The normalized spacial score (nSPS) is 49.5. The van der Waals surface area contributed by atoms with Crippen molar-refractivity contribution in [3.63, 3.8) is 0 Å². The fraction of sp³-hybridized carbons (Fsp3) is 0.949. The highest BCUT2D eigenvalue weighted by Crippen LogP contribution is 2.78. The first-order valence-corrected chi connectivity index (χ1v) is 18.1. The van der Waals surface area contributed by atoms with Crippen molar-refractivity contribution in [1.29, 1.82) is 0 Å². The van der Waals surface area contributed by atoms with Gasteiger partial charge in [0.15, 0.2) is 0 Å². The van der Waals surface area contributed by atoms with Crippen LogP contribution in [-0.4, -0.2) is 10.7 Å². The summed E-state index contributed by atoms with van der Waals surface area (Å²) in [5.41, 5.74) is 2.76. The van der Waals surface area contributed by atoms with Crippen LogP contribution in [0.15, 0.2) is 12.2 Å².